The minimum Gasteiger partial charge on any atom is -0.497 e. The predicted molar refractivity (Wildman–Crippen MR) is 149 cm³/mol. The first-order valence-corrected chi connectivity index (χ1v) is 12.6. The van der Waals surface area contributed by atoms with Crippen molar-refractivity contribution in [2.75, 3.05) is 7.11 Å². The van der Waals surface area contributed by atoms with Crippen molar-refractivity contribution in [3.05, 3.63) is 108 Å². The standard InChI is InChI=1S/C32H28O9/c1-21(33)37-26-7-5-8-27(19-26)40-31(35)41-29-10-6-9-28(20-29)39-30(34)38-25-17-13-23(14-18-25)32(2,3)22-11-15-24(36-4)16-12-22/h5-20H,1-4H3. The summed E-state index contributed by atoms with van der Waals surface area (Å²) >= 11 is 0. The summed E-state index contributed by atoms with van der Waals surface area (Å²) in [5.74, 6) is 1.07. The van der Waals surface area contributed by atoms with Crippen LogP contribution in [0.5, 0.6) is 34.5 Å². The topological polar surface area (TPSA) is 107 Å². The van der Waals surface area contributed by atoms with Crippen molar-refractivity contribution in [3.63, 3.8) is 0 Å². The maximum atomic E-state index is 12.4. The zero-order valence-corrected chi connectivity index (χ0v) is 22.9. The Labute approximate surface area is 237 Å². The molecule has 41 heavy (non-hydrogen) atoms. The number of carbonyl (C=O) groups excluding carboxylic acids is 3. The molecule has 0 fully saturated rings. The number of hydrogen-bond acceptors (Lipinski definition) is 9. The first-order valence-electron chi connectivity index (χ1n) is 12.6. The lowest BCUT2D eigenvalue weighted by molar-refractivity contribution is -0.131. The summed E-state index contributed by atoms with van der Waals surface area (Å²) in [6, 6.07) is 26.8. The summed E-state index contributed by atoms with van der Waals surface area (Å²) in [5.41, 5.74) is 1.84. The van der Waals surface area contributed by atoms with Crippen molar-refractivity contribution in [1.29, 1.82) is 0 Å². The number of benzene rings is 4. The van der Waals surface area contributed by atoms with E-state index in [9.17, 15) is 14.4 Å². The van der Waals surface area contributed by atoms with Gasteiger partial charge in [0.15, 0.2) is 0 Å². The molecule has 0 bridgehead atoms. The Morgan fingerprint density at radius 2 is 0.878 bits per heavy atom. The molecule has 0 saturated carbocycles. The van der Waals surface area contributed by atoms with Crippen LogP contribution in [0.4, 0.5) is 9.59 Å². The van der Waals surface area contributed by atoms with Crippen molar-refractivity contribution in [1.82, 2.24) is 0 Å². The van der Waals surface area contributed by atoms with Crippen LogP contribution in [0, 0.1) is 0 Å². The summed E-state index contributed by atoms with van der Waals surface area (Å²) in [4.78, 5) is 35.7. The van der Waals surface area contributed by atoms with Crippen LogP contribution < -0.4 is 28.4 Å². The van der Waals surface area contributed by atoms with E-state index >= 15 is 0 Å². The molecule has 0 amide bonds. The molecule has 0 spiro atoms. The normalized spacial score (nSPS) is 10.7. The number of hydrogen-bond donors (Lipinski definition) is 0. The van der Waals surface area contributed by atoms with Gasteiger partial charge in [-0.2, -0.15) is 0 Å². The van der Waals surface area contributed by atoms with Crippen LogP contribution in [-0.4, -0.2) is 25.4 Å². The van der Waals surface area contributed by atoms with E-state index in [4.69, 9.17) is 28.4 Å². The summed E-state index contributed by atoms with van der Waals surface area (Å²) in [5, 5.41) is 0. The van der Waals surface area contributed by atoms with Gasteiger partial charge in [-0.1, -0.05) is 50.2 Å². The fourth-order valence-corrected chi connectivity index (χ4v) is 3.91. The monoisotopic (exact) mass is 556 g/mol. The molecule has 0 N–H and O–H groups in total. The number of carbonyl (C=O) groups is 3. The molecular formula is C32H28O9. The largest absolute Gasteiger partial charge is 0.519 e. The zero-order chi connectivity index (χ0) is 29.4. The van der Waals surface area contributed by atoms with Crippen molar-refractivity contribution in [2.45, 2.75) is 26.2 Å². The minimum absolute atomic E-state index is 0.0709. The van der Waals surface area contributed by atoms with E-state index in [2.05, 4.69) is 13.8 Å². The lowest BCUT2D eigenvalue weighted by atomic mass is 9.78. The highest BCUT2D eigenvalue weighted by Crippen LogP contribution is 2.33. The molecule has 0 aliphatic carbocycles. The molecule has 4 aromatic carbocycles. The second kappa shape index (κ2) is 12.7. The molecule has 0 unspecified atom stereocenters. The van der Waals surface area contributed by atoms with Gasteiger partial charge in [0.2, 0.25) is 0 Å². The van der Waals surface area contributed by atoms with Crippen LogP contribution in [0.15, 0.2) is 97.1 Å². The van der Waals surface area contributed by atoms with Gasteiger partial charge in [-0.05, 0) is 59.7 Å². The Hall–Kier alpha value is -5.31. The third-order valence-corrected chi connectivity index (χ3v) is 6.07. The van der Waals surface area contributed by atoms with Crippen LogP contribution in [0.25, 0.3) is 0 Å². The summed E-state index contributed by atoms with van der Waals surface area (Å²) in [7, 11) is 1.63. The van der Waals surface area contributed by atoms with Crippen LogP contribution in [0.2, 0.25) is 0 Å². The SMILES string of the molecule is COc1ccc(C(C)(C)c2ccc(OC(=O)Oc3cccc(OC(=O)Oc4cccc(OC(C)=O)c4)c3)cc2)cc1. The van der Waals surface area contributed by atoms with Gasteiger partial charge in [0.1, 0.15) is 34.5 Å². The van der Waals surface area contributed by atoms with Crippen molar-refractivity contribution in [3.8, 4) is 34.5 Å². The maximum absolute atomic E-state index is 12.4. The van der Waals surface area contributed by atoms with Crippen LogP contribution >= 0.6 is 0 Å². The number of rotatable bonds is 8. The van der Waals surface area contributed by atoms with Crippen LogP contribution in [-0.2, 0) is 10.2 Å². The smallest absolute Gasteiger partial charge is 0.497 e. The van der Waals surface area contributed by atoms with Gasteiger partial charge < -0.3 is 28.4 Å². The third-order valence-electron chi connectivity index (χ3n) is 6.07. The Kier molecular flexibility index (Phi) is 8.88. The number of ether oxygens (including phenoxy) is 6. The highest BCUT2D eigenvalue weighted by molar-refractivity contribution is 5.71. The van der Waals surface area contributed by atoms with E-state index in [1.807, 2.05) is 36.4 Å². The highest BCUT2D eigenvalue weighted by atomic mass is 16.7. The maximum Gasteiger partial charge on any atom is 0.519 e. The fourth-order valence-electron chi connectivity index (χ4n) is 3.91. The Morgan fingerprint density at radius 1 is 0.512 bits per heavy atom. The van der Waals surface area contributed by atoms with E-state index < -0.39 is 18.3 Å². The summed E-state index contributed by atoms with van der Waals surface area (Å²) < 4.78 is 31.1. The van der Waals surface area contributed by atoms with Gasteiger partial charge in [0, 0.05) is 24.5 Å². The van der Waals surface area contributed by atoms with E-state index in [-0.39, 0.29) is 28.4 Å². The third kappa shape index (κ3) is 7.86. The summed E-state index contributed by atoms with van der Waals surface area (Å²) in [6.07, 6.45) is -2.00. The minimum atomic E-state index is -1.04. The van der Waals surface area contributed by atoms with Gasteiger partial charge in [0.25, 0.3) is 0 Å². The molecule has 0 saturated heterocycles. The Morgan fingerprint density at radius 3 is 1.27 bits per heavy atom. The Balaban J connectivity index is 1.33. The quantitative estimate of drug-likeness (QED) is 0.128. The molecule has 4 aromatic rings. The van der Waals surface area contributed by atoms with Gasteiger partial charge in [-0.3, -0.25) is 4.79 Å². The van der Waals surface area contributed by atoms with Gasteiger partial charge >= 0.3 is 18.3 Å². The summed E-state index contributed by atoms with van der Waals surface area (Å²) in [6.45, 7) is 5.46. The number of methoxy groups -OCH3 is 1. The van der Waals surface area contributed by atoms with E-state index in [1.54, 1.807) is 25.3 Å². The van der Waals surface area contributed by atoms with Gasteiger partial charge in [0.05, 0.1) is 7.11 Å². The van der Waals surface area contributed by atoms with Crippen molar-refractivity contribution < 1.29 is 42.8 Å². The average Bonchev–Trinajstić information content (AvgIpc) is 2.93. The molecule has 0 radical (unpaired) electrons. The Bertz CT molecular complexity index is 1520. The average molecular weight is 557 g/mol. The van der Waals surface area contributed by atoms with E-state index in [0.29, 0.717) is 5.75 Å². The van der Waals surface area contributed by atoms with Crippen molar-refractivity contribution >= 4 is 18.3 Å². The first-order chi connectivity index (χ1) is 19.6. The fraction of sp³-hybridized carbons (Fsp3) is 0.156. The predicted octanol–water partition coefficient (Wildman–Crippen LogP) is 7.10. The molecule has 0 heterocycles. The molecule has 210 valence electrons. The van der Waals surface area contributed by atoms with E-state index in [1.165, 1.54) is 49.4 Å². The van der Waals surface area contributed by atoms with Gasteiger partial charge in [-0.15, -0.1) is 0 Å². The molecule has 0 aliphatic rings. The first kappa shape index (κ1) is 28.7. The van der Waals surface area contributed by atoms with Gasteiger partial charge in [-0.25, -0.2) is 9.59 Å². The molecular weight excluding hydrogens is 528 g/mol. The number of esters is 1. The van der Waals surface area contributed by atoms with Crippen molar-refractivity contribution in [2.24, 2.45) is 0 Å². The molecule has 4 rings (SSSR count). The lowest BCUT2D eigenvalue weighted by Crippen LogP contribution is -2.19. The molecule has 0 atom stereocenters. The van der Waals surface area contributed by atoms with Crippen LogP contribution in [0.3, 0.4) is 0 Å². The van der Waals surface area contributed by atoms with E-state index in [0.717, 1.165) is 16.9 Å². The van der Waals surface area contributed by atoms with Crippen LogP contribution in [0.1, 0.15) is 31.9 Å². The molecule has 0 aliphatic heterocycles. The second-order valence-corrected chi connectivity index (χ2v) is 9.33. The molecule has 0 aromatic heterocycles. The second-order valence-electron chi connectivity index (χ2n) is 9.33. The molecule has 9 nitrogen and oxygen atoms in total. The molecule has 9 heteroatoms. The highest BCUT2D eigenvalue weighted by Gasteiger charge is 2.23. The zero-order valence-electron chi connectivity index (χ0n) is 22.9. The lowest BCUT2D eigenvalue weighted by Gasteiger charge is -2.26.